The number of carbonyl (C=O) groups excluding carboxylic acids is 2. The van der Waals surface area contributed by atoms with Crippen LogP contribution in [0, 0.1) is 14.9 Å². The number of benzene rings is 1. The Labute approximate surface area is 174 Å². The van der Waals surface area contributed by atoms with Crippen molar-refractivity contribution < 1.29 is 14.3 Å². The quantitative estimate of drug-likeness (QED) is 0.448. The average Bonchev–Trinajstić information content (AvgIpc) is 2.57. The predicted molar refractivity (Wildman–Crippen MR) is 115 cm³/mol. The molecule has 0 radical (unpaired) electrons. The van der Waals surface area contributed by atoms with Crippen molar-refractivity contribution in [1.82, 2.24) is 0 Å². The number of ether oxygens (including phenoxy) is 1. The van der Waals surface area contributed by atoms with Crippen LogP contribution in [0.5, 0.6) is 0 Å². The van der Waals surface area contributed by atoms with Crippen molar-refractivity contribution in [1.29, 1.82) is 0 Å². The number of Topliss-reactive ketones (excluding diaryl/α,β-unsaturated/α-hetero) is 1. The summed E-state index contributed by atoms with van der Waals surface area (Å²) in [5, 5.41) is 0. The first kappa shape index (κ1) is 20.2. The fraction of sp³-hybridized carbons (Fsp3) is 0.500. The molecule has 2 aliphatic rings. The van der Waals surface area contributed by atoms with Crippen LogP contribution in [-0.2, 0) is 14.3 Å². The summed E-state index contributed by atoms with van der Waals surface area (Å²) in [6, 6.07) is 7.97. The van der Waals surface area contributed by atoms with Gasteiger partial charge in [-0.1, -0.05) is 39.0 Å². The zero-order valence-electron chi connectivity index (χ0n) is 16.3. The molecule has 0 amide bonds. The summed E-state index contributed by atoms with van der Waals surface area (Å²) in [6.07, 6.45) is 2.00. The Morgan fingerprint density at radius 2 is 2.00 bits per heavy atom. The van der Waals surface area contributed by atoms with Gasteiger partial charge in [0, 0.05) is 32.9 Å². The van der Waals surface area contributed by atoms with Crippen LogP contribution in [0.3, 0.4) is 0 Å². The molecular weight excluding hydrogens is 453 g/mol. The molecule has 5 heteroatoms. The van der Waals surface area contributed by atoms with E-state index in [-0.39, 0.29) is 23.1 Å². The number of aliphatic imine (C=N–C) groups is 1. The fourth-order valence-electron chi connectivity index (χ4n) is 4.11. The van der Waals surface area contributed by atoms with E-state index in [1.807, 2.05) is 38.1 Å². The lowest BCUT2D eigenvalue weighted by atomic mass is 9.67. The molecule has 1 heterocycles. The highest BCUT2D eigenvalue weighted by Crippen LogP contribution is 2.48. The third kappa shape index (κ3) is 4.03. The van der Waals surface area contributed by atoms with Gasteiger partial charge in [-0.2, -0.15) is 0 Å². The summed E-state index contributed by atoms with van der Waals surface area (Å²) in [6.45, 7) is 8.44. The van der Waals surface area contributed by atoms with E-state index in [1.165, 1.54) is 0 Å². The molecule has 1 aliphatic heterocycles. The third-order valence-corrected chi connectivity index (χ3v) is 6.23. The normalized spacial score (nSPS) is 24.3. The number of halogens is 1. The maximum Gasteiger partial charge on any atom is 0.315 e. The van der Waals surface area contributed by atoms with Gasteiger partial charge in [-0.05, 0) is 59.4 Å². The minimum absolute atomic E-state index is 0.107. The molecule has 144 valence electrons. The number of nitrogens with zero attached hydrogens (tertiary/aromatic N) is 1. The van der Waals surface area contributed by atoms with E-state index in [1.54, 1.807) is 0 Å². The standard InChI is InChI=1S/C22H26INO3/c1-5-10-27-21(26)18-13(2)24-16-11-22(3,4)12-17(25)20(16)19(18)14-8-6-7-9-15(14)23/h6-9,18-19H,5,10-12H2,1-4H3/t18?,19-/m0/s1. The van der Waals surface area contributed by atoms with Crippen molar-refractivity contribution in [2.75, 3.05) is 6.61 Å². The Morgan fingerprint density at radius 1 is 1.30 bits per heavy atom. The number of hydrogen-bond acceptors (Lipinski definition) is 4. The van der Waals surface area contributed by atoms with Crippen LogP contribution in [0.15, 0.2) is 40.5 Å². The van der Waals surface area contributed by atoms with Crippen molar-refractivity contribution in [3.05, 3.63) is 44.7 Å². The molecule has 0 spiro atoms. The van der Waals surface area contributed by atoms with Gasteiger partial charge >= 0.3 is 5.97 Å². The Hall–Kier alpha value is -1.50. The molecule has 0 saturated carbocycles. The number of rotatable bonds is 4. The smallest absolute Gasteiger partial charge is 0.315 e. The van der Waals surface area contributed by atoms with Gasteiger partial charge in [0.2, 0.25) is 0 Å². The van der Waals surface area contributed by atoms with Crippen molar-refractivity contribution in [2.24, 2.45) is 16.3 Å². The van der Waals surface area contributed by atoms with E-state index in [4.69, 9.17) is 9.73 Å². The molecule has 1 unspecified atom stereocenters. The van der Waals surface area contributed by atoms with E-state index in [0.29, 0.717) is 18.6 Å². The number of allylic oxidation sites excluding steroid dienone is 2. The van der Waals surface area contributed by atoms with E-state index >= 15 is 0 Å². The maximum absolute atomic E-state index is 13.1. The van der Waals surface area contributed by atoms with E-state index in [9.17, 15) is 9.59 Å². The molecule has 27 heavy (non-hydrogen) atoms. The first-order valence-electron chi connectivity index (χ1n) is 9.47. The molecule has 1 aliphatic carbocycles. The third-order valence-electron chi connectivity index (χ3n) is 5.24. The monoisotopic (exact) mass is 479 g/mol. The number of ketones is 1. The SMILES string of the molecule is CCCOC(=O)C1C(C)=NC2=C(C(=O)CC(C)(C)C2)[C@H]1c1ccccc1I. The largest absolute Gasteiger partial charge is 0.465 e. The first-order valence-corrected chi connectivity index (χ1v) is 10.6. The topological polar surface area (TPSA) is 55.7 Å². The molecule has 0 N–H and O–H groups in total. The van der Waals surface area contributed by atoms with Gasteiger partial charge in [0.25, 0.3) is 0 Å². The fourth-order valence-corrected chi connectivity index (χ4v) is 4.83. The van der Waals surface area contributed by atoms with Crippen LogP contribution >= 0.6 is 22.6 Å². The molecule has 1 aromatic carbocycles. The van der Waals surface area contributed by atoms with Gasteiger partial charge < -0.3 is 4.74 Å². The molecular formula is C22H26INO3. The molecule has 4 nitrogen and oxygen atoms in total. The van der Waals surface area contributed by atoms with Gasteiger partial charge in [-0.15, -0.1) is 0 Å². The summed E-state index contributed by atoms with van der Waals surface area (Å²) in [5.41, 5.74) is 3.20. The van der Waals surface area contributed by atoms with Crippen LogP contribution in [0.25, 0.3) is 0 Å². The molecule has 0 bridgehead atoms. The predicted octanol–water partition coefficient (Wildman–Crippen LogP) is 5.06. The number of hydrogen-bond donors (Lipinski definition) is 0. The van der Waals surface area contributed by atoms with Crippen molar-refractivity contribution in [2.45, 2.75) is 52.9 Å². The maximum atomic E-state index is 13.1. The molecule has 0 saturated heterocycles. The number of esters is 1. The zero-order chi connectivity index (χ0) is 19.8. The lowest BCUT2D eigenvalue weighted by molar-refractivity contribution is -0.146. The van der Waals surface area contributed by atoms with Gasteiger partial charge in [0.15, 0.2) is 5.78 Å². The summed E-state index contributed by atoms with van der Waals surface area (Å²) in [5.74, 6) is -1.04. The van der Waals surface area contributed by atoms with Crippen molar-refractivity contribution in [3.63, 3.8) is 0 Å². The van der Waals surface area contributed by atoms with Gasteiger partial charge in [0.1, 0.15) is 5.92 Å². The van der Waals surface area contributed by atoms with E-state index in [2.05, 4.69) is 36.4 Å². The minimum Gasteiger partial charge on any atom is -0.465 e. The second kappa shape index (κ2) is 7.86. The van der Waals surface area contributed by atoms with Crippen LogP contribution in [0.2, 0.25) is 0 Å². The van der Waals surface area contributed by atoms with Crippen LogP contribution < -0.4 is 0 Å². The summed E-state index contributed by atoms with van der Waals surface area (Å²) >= 11 is 2.28. The average molecular weight is 479 g/mol. The van der Waals surface area contributed by atoms with Crippen LogP contribution in [0.4, 0.5) is 0 Å². The highest BCUT2D eigenvalue weighted by atomic mass is 127. The Kier molecular flexibility index (Phi) is 5.89. The second-order valence-corrected chi connectivity index (χ2v) is 9.36. The molecule has 3 rings (SSSR count). The number of carbonyl (C=O) groups is 2. The Morgan fingerprint density at radius 3 is 2.67 bits per heavy atom. The lowest BCUT2D eigenvalue weighted by Crippen LogP contribution is -2.39. The first-order chi connectivity index (χ1) is 12.7. The van der Waals surface area contributed by atoms with E-state index in [0.717, 1.165) is 33.4 Å². The molecule has 1 aromatic rings. The van der Waals surface area contributed by atoms with Crippen LogP contribution in [-0.4, -0.2) is 24.1 Å². The van der Waals surface area contributed by atoms with E-state index < -0.39 is 5.92 Å². The van der Waals surface area contributed by atoms with Gasteiger partial charge in [-0.3, -0.25) is 14.6 Å². The van der Waals surface area contributed by atoms with Crippen molar-refractivity contribution >= 4 is 40.1 Å². The van der Waals surface area contributed by atoms with Crippen molar-refractivity contribution in [3.8, 4) is 0 Å². The highest BCUT2D eigenvalue weighted by molar-refractivity contribution is 14.1. The van der Waals surface area contributed by atoms with Gasteiger partial charge in [0.05, 0.1) is 6.61 Å². The Bertz CT molecular complexity index is 838. The minimum atomic E-state index is -0.545. The summed E-state index contributed by atoms with van der Waals surface area (Å²) < 4.78 is 6.54. The van der Waals surface area contributed by atoms with Gasteiger partial charge in [-0.25, -0.2) is 0 Å². The Balaban J connectivity index is 2.15. The van der Waals surface area contributed by atoms with Crippen LogP contribution in [0.1, 0.15) is 58.4 Å². The highest BCUT2D eigenvalue weighted by Gasteiger charge is 2.46. The zero-order valence-corrected chi connectivity index (χ0v) is 18.5. The molecule has 0 fully saturated rings. The summed E-state index contributed by atoms with van der Waals surface area (Å²) in [7, 11) is 0. The lowest BCUT2D eigenvalue weighted by Gasteiger charge is -2.39. The molecule has 2 atom stereocenters. The molecule has 0 aromatic heterocycles. The second-order valence-electron chi connectivity index (χ2n) is 8.20. The summed E-state index contributed by atoms with van der Waals surface area (Å²) in [4.78, 5) is 30.8.